The number of phenols is 1. The van der Waals surface area contributed by atoms with Gasteiger partial charge in [-0.25, -0.2) is 0 Å². The molecule has 0 heterocycles. The van der Waals surface area contributed by atoms with Crippen molar-refractivity contribution in [1.29, 1.82) is 0 Å². The number of benzene rings is 1. The third kappa shape index (κ3) is 5.07. The van der Waals surface area contributed by atoms with Crippen LogP contribution in [0.25, 0.3) is 0 Å². The van der Waals surface area contributed by atoms with E-state index in [1.807, 2.05) is 13.8 Å². The number of rotatable bonds is 7. The smallest absolute Gasteiger partial charge is 0.278 e. The molecule has 1 aromatic rings. The number of phenolic OH excluding ortho intramolecular Hbond substituents is 1. The summed E-state index contributed by atoms with van der Waals surface area (Å²) in [5.41, 5.74) is 4.47. The van der Waals surface area contributed by atoms with E-state index in [0.29, 0.717) is 5.56 Å². The lowest BCUT2D eigenvalue weighted by Crippen LogP contribution is -2.71. The second-order valence-electron chi connectivity index (χ2n) is 5.24. The number of hydrogen-bond donors (Lipinski definition) is 3. The first kappa shape index (κ1) is 17.0. The first-order valence-corrected chi connectivity index (χ1v) is 6.97. The van der Waals surface area contributed by atoms with E-state index in [4.69, 9.17) is 0 Å². The fraction of sp³-hybridized carbons (Fsp3) is 0.467. The van der Waals surface area contributed by atoms with Crippen LogP contribution in [0.1, 0.15) is 25.8 Å². The molecule has 1 rings (SSSR count). The van der Waals surface area contributed by atoms with Crippen molar-refractivity contribution in [2.24, 2.45) is 5.92 Å². The summed E-state index contributed by atoms with van der Waals surface area (Å²) in [5, 5.41) is 22.8. The van der Waals surface area contributed by atoms with Crippen LogP contribution in [0, 0.1) is 5.92 Å². The van der Waals surface area contributed by atoms with Crippen LogP contribution in [-0.4, -0.2) is 29.1 Å². The molecule has 0 aliphatic heterocycles. The summed E-state index contributed by atoms with van der Waals surface area (Å²) in [5.74, 6) is -1.56. The zero-order valence-corrected chi connectivity index (χ0v) is 12.3. The number of amides is 1. The van der Waals surface area contributed by atoms with Gasteiger partial charge in [0.1, 0.15) is 5.75 Å². The number of quaternary nitrogens is 1. The molecule has 6 heteroatoms. The van der Waals surface area contributed by atoms with Crippen LogP contribution in [-0.2, 0) is 16.0 Å². The molecule has 0 unspecified atom stereocenters. The molecule has 1 aromatic carbocycles. The van der Waals surface area contributed by atoms with Crippen LogP contribution < -0.4 is 16.2 Å². The Kier molecular flexibility index (Phi) is 6.17. The van der Waals surface area contributed by atoms with Crippen LogP contribution in [0.3, 0.4) is 0 Å². The summed E-state index contributed by atoms with van der Waals surface area (Å²) < 4.78 is 0. The lowest BCUT2D eigenvalue weighted by Gasteiger charge is -2.22. The summed E-state index contributed by atoms with van der Waals surface area (Å²) in [6.07, 6.45) is 0.886. The molecular formula is C15H22N2O4. The highest BCUT2D eigenvalue weighted by Gasteiger charge is 2.25. The van der Waals surface area contributed by atoms with E-state index in [-0.39, 0.29) is 18.1 Å². The maximum absolute atomic E-state index is 12.0. The van der Waals surface area contributed by atoms with E-state index in [2.05, 4.69) is 11.1 Å². The molecule has 5 N–H and O–H groups in total. The minimum Gasteiger partial charge on any atom is -0.548 e. The van der Waals surface area contributed by atoms with Crippen molar-refractivity contribution >= 4 is 11.9 Å². The quantitative estimate of drug-likeness (QED) is 0.587. The van der Waals surface area contributed by atoms with E-state index in [1.54, 1.807) is 12.1 Å². The maximum Gasteiger partial charge on any atom is 0.278 e. The van der Waals surface area contributed by atoms with E-state index in [9.17, 15) is 19.8 Å². The second kappa shape index (κ2) is 7.64. The molecule has 0 aliphatic rings. The van der Waals surface area contributed by atoms with E-state index < -0.39 is 24.0 Å². The average molecular weight is 294 g/mol. The predicted octanol–water partition coefficient (Wildman–Crippen LogP) is -1.17. The van der Waals surface area contributed by atoms with Crippen LogP contribution >= 0.6 is 0 Å². The zero-order valence-electron chi connectivity index (χ0n) is 12.3. The van der Waals surface area contributed by atoms with Crippen molar-refractivity contribution < 1.29 is 25.5 Å². The number of carboxylic acid groups (broad SMARTS) is 1. The number of carbonyl (C=O) groups is 2. The number of aromatic hydroxyl groups is 1. The largest absolute Gasteiger partial charge is 0.548 e. The molecule has 0 aliphatic carbocycles. The summed E-state index contributed by atoms with van der Waals surface area (Å²) in [6, 6.07) is 4.52. The Morgan fingerprint density at radius 3 is 2.38 bits per heavy atom. The molecule has 116 valence electrons. The number of aliphatic carboxylic acids is 1. The van der Waals surface area contributed by atoms with Crippen LogP contribution in [0.5, 0.6) is 5.75 Å². The zero-order chi connectivity index (χ0) is 16.0. The van der Waals surface area contributed by atoms with Gasteiger partial charge < -0.3 is 26.1 Å². The Hall–Kier alpha value is -2.08. The van der Waals surface area contributed by atoms with Gasteiger partial charge >= 0.3 is 0 Å². The van der Waals surface area contributed by atoms with Gasteiger partial charge in [-0.15, -0.1) is 0 Å². The van der Waals surface area contributed by atoms with Crippen molar-refractivity contribution in [3.05, 3.63) is 29.8 Å². The molecule has 0 saturated carbocycles. The number of nitrogens with one attached hydrogen (secondary N) is 1. The van der Waals surface area contributed by atoms with Crippen molar-refractivity contribution in [2.75, 3.05) is 0 Å². The van der Waals surface area contributed by atoms with Gasteiger partial charge in [-0.05, 0) is 30.5 Å². The van der Waals surface area contributed by atoms with Crippen molar-refractivity contribution in [3.63, 3.8) is 0 Å². The van der Waals surface area contributed by atoms with Crippen molar-refractivity contribution in [1.82, 2.24) is 5.32 Å². The molecule has 0 fully saturated rings. The van der Waals surface area contributed by atoms with Crippen LogP contribution in [0.2, 0.25) is 0 Å². The van der Waals surface area contributed by atoms with Gasteiger partial charge in [-0.3, -0.25) is 4.79 Å². The van der Waals surface area contributed by atoms with Gasteiger partial charge in [0.15, 0.2) is 6.04 Å². The molecule has 0 bridgehead atoms. The van der Waals surface area contributed by atoms with Gasteiger partial charge in [0.25, 0.3) is 5.91 Å². The maximum atomic E-state index is 12.0. The molecule has 0 aromatic heterocycles. The third-order valence-corrected chi connectivity index (χ3v) is 3.64. The summed E-state index contributed by atoms with van der Waals surface area (Å²) in [7, 11) is 0. The second-order valence-corrected chi connectivity index (χ2v) is 5.24. The highest BCUT2D eigenvalue weighted by molar-refractivity contribution is 5.85. The first-order chi connectivity index (χ1) is 9.85. The highest BCUT2D eigenvalue weighted by atomic mass is 16.4. The third-order valence-electron chi connectivity index (χ3n) is 3.64. The Labute approximate surface area is 124 Å². The molecule has 21 heavy (non-hydrogen) atoms. The molecule has 0 radical (unpaired) electrons. The Balaban J connectivity index is 2.72. The lowest BCUT2D eigenvalue weighted by atomic mass is 9.98. The fourth-order valence-corrected chi connectivity index (χ4v) is 1.88. The average Bonchev–Trinajstić information content (AvgIpc) is 2.46. The molecule has 0 saturated heterocycles. The van der Waals surface area contributed by atoms with Gasteiger partial charge in [0.05, 0.1) is 12.0 Å². The van der Waals surface area contributed by atoms with Crippen molar-refractivity contribution in [3.8, 4) is 5.75 Å². The molecular weight excluding hydrogens is 272 g/mol. The first-order valence-electron chi connectivity index (χ1n) is 6.97. The highest BCUT2D eigenvalue weighted by Crippen LogP contribution is 2.11. The van der Waals surface area contributed by atoms with Gasteiger partial charge in [-0.2, -0.15) is 0 Å². The SMILES string of the molecule is CC[C@H](C)[C@H]([NH3+])C(=O)N[C@@H](Cc1ccc(O)cc1)C(=O)[O-]. The number of carboxylic acids is 1. The van der Waals surface area contributed by atoms with Crippen LogP contribution in [0.4, 0.5) is 0 Å². The summed E-state index contributed by atoms with van der Waals surface area (Å²) >= 11 is 0. The van der Waals surface area contributed by atoms with Crippen molar-refractivity contribution in [2.45, 2.75) is 38.8 Å². The van der Waals surface area contributed by atoms with Gasteiger partial charge in [0.2, 0.25) is 0 Å². The van der Waals surface area contributed by atoms with E-state index in [0.717, 1.165) is 6.42 Å². The molecule has 0 spiro atoms. The fourth-order valence-electron chi connectivity index (χ4n) is 1.88. The Morgan fingerprint density at radius 1 is 1.33 bits per heavy atom. The molecule has 3 atom stereocenters. The minimum atomic E-state index is -1.34. The Morgan fingerprint density at radius 2 is 1.90 bits per heavy atom. The summed E-state index contributed by atoms with van der Waals surface area (Å²) in [6.45, 7) is 3.84. The monoisotopic (exact) mass is 294 g/mol. The molecule has 6 nitrogen and oxygen atoms in total. The van der Waals surface area contributed by atoms with E-state index >= 15 is 0 Å². The standard InChI is InChI=1S/C15H22N2O4/c1-3-9(2)13(16)14(19)17-12(15(20)21)8-10-4-6-11(18)7-5-10/h4-7,9,12-13,18H,3,8,16H2,1-2H3,(H,17,19)(H,20,21)/t9-,12-,13-/m0/s1. The Bertz CT molecular complexity index is 487. The normalized spacial score (nSPS) is 15.0. The predicted molar refractivity (Wildman–Crippen MR) is 74.9 cm³/mol. The number of carbonyl (C=O) groups excluding carboxylic acids is 2. The topological polar surface area (TPSA) is 117 Å². The van der Waals surface area contributed by atoms with Gasteiger partial charge in [0, 0.05) is 5.92 Å². The number of hydrogen-bond acceptors (Lipinski definition) is 4. The van der Waals surface area contributed by atoms with Crippen LogP contribution in [0.15, 0.2) is 24.3 Å². The van der Waals surface area contributed by atoms with E-state index in [1.165, 1.54) is 12.1 Å². The van der Waals surface area contributed by atoms with Gasteiger partial charge in [-0.1, -0.05) is 26.0 Å². The lowest BCUT2D eigenvalue weighted by molar-refractivity contribution is -0.415. The summed E-state index contributed by atoms with van der Waals surface area (Å²) in [4.78, 5) is 23.2. The minimum absolute atomic E-state index is 0.0704. The molecule has 1 amide bonds.